The first-order valence-electron chi connectivity index (χ1n) is 10.2. The van der Waals surface area contributed by atoms with Gasteiger partial charge in [-0.25, -0.2) is 0 Å². The molecule has 0 bridgehead atoms. The molecule has 4 aromatic rings. The summed E-state index contributed by atoms with van der Waals surface area (Å²) >= 11 is 7.85. The molecule has 1 N–H and O–H groups in total. The molecule has 0 radical (unpaired) electrons. The summed E-state index contributed by atoms with van der Waals surface area (Å²) in [6.45, 7) is 2.20. The molecule has 0 saturated carbocycles. The van der Waals surface area contributed by atoms with E-state index in [-0.39, 0.29) is 12.5 Å². The second kappa shape index (κ2) is 10.5. The van der Waals surface area contributed by atoms with E-state index >= 15 is 0 Å². The Morgan fingerprint density at radius 1 is 1.15 bits per heavy atom. The summed E-state index contributed by atoms with van der Waals surface area (Å²) in [5.74, 6) is 1.85. The Balaban J connectivity index is 1.61. The number of nitrogens with one attached hydrogen (secondary N) is 1. The summed E-state index contributed by atoms with van der Waals surface area (Å²) in [4.78, 5) is 16.5. The van der Waals surface area contributed by atoms with E-state index < -0.39 is 0 Å². The number of carbonyl (C=O) groups is 1. The van der Waals surface area contributed by atoms with Crippen molar-refractivity contribution in [3.63, 3.8) is 0 Å². The quantitative estimate of drug-likeness (QED) is 0.363. The lowest BCUT2D eigenvalue weighted by Crippen LogP contribution is -2.24. The molecule has 2 heterocycles. The molecule has 0 atom stereocenters. The van der Waals surface area contributed by atoms with E-state index in [4.69, 9.17) is 16.3 Å². The number of thioether (sulfide) groups is 1. The van der Waals surface area contributed by atoms with Crippen molar-refractivity contribution in [2.45, 2.75) is 24.4 Å². The molecule has 2 aromatic carbocycles. The van der Waals surface area contributed by atoms with Crippen LogP contribution in [0.15, 0.2) is 72.1 Å². The van der Waals surface area contributed by atoms with Crippen LogP contribution < -0.4 is 10.1 Å². The number of aryl methyl sites for hydroxylation is 1. The van der Waals surface area contributed by atoms with Crippen LogP contribution in [0.3, 0.4) is 0 Å². The average molecular weight is 480 g/mol. The Bertz CT molecular complexity index is 1260. The van der Waals surface area contributed by atoms with Crippen molar-refractivity contribution in [3.8, 4) is 11.4 Å². The lowest BCUT2D eigenvalue weighted by Gasteiger charge is -2.14. The largest absolute Gasteiger partial charge is 0.497 e. The first kappa shape index (κ1) is 22.8. The molecule has 168 valence electrons. The van der Waals surface area contributed by atoms with E-state index in [1.54, 1.807) is 37.2 Å². The third-order valence-corrected chi connectivity index (χ3v) is 6.18. The topological polar surface area (TPSA) is 81.9 Å². The van der Waals surface area contributed by atoms with Crippen LogP contribution in [0.4, 0.5) is 0 Å². The van der Waals surface area contributed by atoms with Gasteiger partial charge in [-0.15, -0.1) is 10.2 Å². The maximum atomic E-state index is 12.5. The molecule has 0 aliphatic rings. The van der Waals surface area contributed by atoms with Crippen LogP contribution in [0, 0.1) is 6.92 Å². The minimum atomic E-state index is -0.231. The number of methoxy groups -OCH3 is 1. The normalized spacial score (nSPS) is 10.8. The molecule has 1 amide bonds. The third-order valence-electron chi connectivity index (χ3n) is 4.95. The van der Waals surface area contributed by atoms with Crippen LogP contribution in [0.25, 0.3) is 5.69 Å². The van der Waals surface area contributed by atoms with Crippen LogP contribution in [0.5, 0.6) is 5.75 Å². The Morgan fingerprint density at radius 2 is 2.03 bits per heavy atom. The molecular formula is C24H22ClN5O2S. The zero-order chi connectivity index (χ0) is 23.2. The number of hydrogen-bond donors (Lipinski definition) is 1. The average Bonchev–Trinajstić information content (AvgIpc) is 3.26. The molecule has 0 fully saturated rings. The summed E-state index contributed by atoms with van der Waals surface area (Å²) < 4.78 is 7.26. The second-order valence-corrected chi connectivity index (χ2v) is 8.61. The van der Waals surface area contributed by atoms with Crippen LogP contribution in [0.1, 0.15) is 27.3 Å². The fourth-order valence-corrected chi connectivity index (χ4v) is 4.32. The van der Waals surface area contributed by atoms with Crippen LogP contribution in [0.2, 0.25) is 5.02 Å². The maximum absolute atomic E-state index is 12.5. The maximum Gasteiger partial charge on any atom is 0.253 e. The van der Waals surface area contributed by atoms with Gasteiger partial charge in [0.1, 0.15) is 5.75 Å². The molecule has 7 nitrogen and oxygen atoms in total. The number of carbonyl (C=O) groups excluding carboxylic acids is 1. The highest BCUT2D eigenvalue weighted by atomic mass is 35.5. The number of pyridine rings is 1. The molecule has 0 saturated heterocycles. The third kappa shape index (κ3) is 5.53. The summed E-state index contributed by atoms with van der Waals surface area (Å²) in [7, 11) is 1.65. The van der Waals surface area contributed by atoms with Gasteiger partial charge < -0.3 is 10.1 Å². The highest BCUT2D eigenvalue weighted by molar-refractivity contribution is 7.98. The van der Waals surface area contributed by atoms with Gasteiger partial charge >= 0.3 is 0 Å². The van der Waals surface area contributed by atoms with Crippen molar-refractivity contribution >= 4 is 29.3 Å². The van der Waals surface area contributed by atoms with Crippen molar-refractivity contribution in [1.29, 1.82) is 0 Å². The monoisotopic (exact) mass is 479 g/mol. The first-order valence-corrected chi connectivity index (χ1v) is 11.6. The van der Waals surface area contributed by atoms with Crippen molar-refractivity contribution in [1.82, 2.24) is 25.1 Å². The van der Waals surface area contributed by atoms with Crippen molar-refractivity contribution in [2.75, 3.05) is 7.11 Å². The second-order valence-electron chi connectivity index (χ2n) is 7.23. The summed E-state index contributed by atoms with van der Waals surface area (Å²) in [5, 5.41) is 13.0. The standard InChI is InChI=1S/C24H22ClN5O2S/c1-16-8-9-19(25)12-21(16)30-22(14-27-23(31)18-6-4-10-26-13-18)28-29-24(30)33-15-17-5-3-7-20(11-17)32-2/h3-13H,14-15H2,1-2H3,(H,27,31). The van der Waals surface area contributed by atoms with E-state index in [2.05, 4.69) is 20.5 Å². The highest BCUT2D eigenvalue weighted by Gasteiger charge is 2.18. The number of ether oxygens (including phenoxy) is 1. The molecule has 4 rings (SSSR count). The van der Waals surface area contributed by atoms with Crippen LogP contribution in [-0.2, 0) is 12.3 Å². The number of nitrogens with zero attached hydrogens (tertiary/aromatic N) is 4. The van der Waals surface area contributed by atoms with Crippen LogP contribution >= 0.6 is 23.4 Å². The number of rotatable bonds is 8. The fraction of sp³-hybridized carbons (Fsp3) is 0.167. The van der Waals surface area contributed by atoms with Crippen molar-refractivity contribution < 1.29 is 9.53 Å². The Morgan fingerprint density at radius 3 is 2.82 bits per heavy atom. The van der Waals surface area contributed by atoms with Gasteiger partial charge in [0.2, 0.25) is 0 Å². The molecule has 0 unspecified atom stereocenters. The van der Waals surface area contributed by atoms with Gasteiger partial charge in [-0.1, -0.05) is 41.6 Å². The van der Waals surface area contributed by atoms with E-state index in [0.717, 1.165) is 22.6 Å². The van der Waals surface area contributed by atoms with Gasteiger partial charge in [0.15, 0.2) is 11.0 Å². The van der Waals surface area contributed by atoms with E-state index in [1.165, 1.54) is 6.20 Å². The van der Waals surface area contributed by atoms with Crippen LogP contribution in [-0.4, -0.2) is 32.8 Å². The number of halogens is 1. The van der Waals surface area contributed by atoms with Gasteiger partial charge in [-0.3, -0.25) is 14.3 Å². The van der Waals surface area contributed by atoms with Gasteiger partial charge in [0.25, 0.3) is 5.91 Å². The zero-order valence-electron chi connectivity index (χ0n) is 18.2. The Labute approximate surface area is 201 Å². The number of amides is 1. The predicted octanol–water partition coefficient (Wildman–Crippen LogP) is 4.86. The molecule has 0 spiro atoms. The van der Waals surface area contributed by atoms with Gasteiger partial charge in [-0.05, 0) is 54.4 Å². The molecular weight excluding hydrogens is 458 g/mol. The lowest BCUT2D eigenvalue weighted by atomic mass is 10.2. The van der Waals surface area contributed by atoms with Crippen molar-refractivity contribution in [3.05, 3.63) is 94.5 Å². The van der Waals surface area contributed by atoms with Crippen molar-refractivity contribution in [2.24, 2.45) is 0 Å². The van der Waals surface area contributed by atoms with Gasteiger partial charge in [0.05, 0.1) is 24.9 Å². The number of aromatic nitrogens is 4. The van der Waals surface area contributed by atoms with E-state index in [0.29, 0.717) is 27.3 Å². The molecule has 0 aliphatic heterocycles. The summed E-state index contributed by atoms with van der Waals surface area (Å²) in [6.07, 6.45) is 3.15. The molecule has 9 heteroatoms. The molecule has 2 aromatic heterocycles. The van der Waals surface area contributed by atoms with Gasteiger partial charge in [0, 0.05) is 23.2 Å². The smallest absolute Gasteiger partial charge is 0.253 e. The van der Waals surface area contributed by atoms with Gasteiger partial charge in [-0.2, -0.15) is 0 Å². The number of benzene rings is 2. The Hall–Kier alpha value is -3.36. The minimum Gasteiger partial charge on any atom is -0.497 e. The van der Waals surface area contributed by atoms with E-state index in [1.807, 2.05) is 54.0 Å². The van der Waals surface area contributed by atoms with E-state index in [9.17, 15) is 4.79 Å². The fourth-order valence-electron chi connectivity index (χ4n) is 3.24. The predicted molar refractivity (Wildman–Crippen MR) is 129 cm³/mol. The zero-order valence-corrected chi connectivity index (χ0v) is 19.7. The minimum absolute atomic E-state index is 0.201. The Kier molecular flexibility index (Phi) is 7.26. The highest BCUT2D eigenvalue weighted by Crippen LogP contribution is 2.29. The summed E-state index contributed by atoms with van der Waals surface area (Å²) in [6, 6.07) is 17.0. The molecule has 33 heavy (non-hydrogen) atoms. The SMILES string of the molecule is COc1cccc(CSc2nnc(CNC(=O)c3cccnc3)n2-c2cc(Cl)ccc2C)c1. The lowest BCUT2D eigenvalue weighted by molar-refractivity contribution is 0.0949. The number of hydrogen-bond acceptors (Lipinski definition) is 6. The molecule has 0 aliphatic carbocycles. The summed E-state index contributed by atoms with van der Waals surface area (Å²) in [5.41, 5.74) is 3.46. The first-order chi connectivity index (χ1) is 16.0.